The number of para-hydroxylation sites is 1. The molecule has 2 aromatic carbocycles. The van der Waals surface area contributed by atoms with E-state index in [1.54, 1.807) is 17.0 Å². The summed E-state index contributed by atoms with van der Waals surface area (Å²) in [7, 11) is -6.72. The molecule has 33 heavy (non-hydrogen) atoms. The van der Waals surface area contributed by atoms with Crippen LogP contribution in [0.2, 0.25) is 0 Å². The molecule has 1 atom stereocenters. The lowest BCUT2D eigenvalue weighted by Crippen LogP contribution is -2.52. The molecule has 8 nitrogen and oxygen atoms in total. The molecule has 0 aliphatic carbocycles. The molecule has 1 unspecified atom stereocenters. The summed E-state index contributed by atoms with van der Waals surface area (Å²) >= 11 is 0. The Labute approximate surface area is 194 Å². The van der Waals surface area contributed by atoms with E-state index in [-0.39, 0.29) is 28.4 Å². The van der Waals surface area contributed by atoms with Crippen molar-refractivity contribution in [2.24, 2.45) is 0 Å². The Balaban J connectivity index is 1.29. The molecular weight excluding hydrogens is 462 g/mol. The first-order valence-electron chi connectivity index (χ1n) is 11.2. The lowest BCUT2D eigenvalue weighted by Gasteiger charge is -2.37. The molecular formula is C23H27N3O5S2. The summed E-state index contributed by atoms with van der Waals surface area (Å²) in [5.74, 6) is 0.229. The second kappa shape index (κ2) is 8.41. The Hall–Kier alpha value is -2.43. The molecule has 3 aliphatic heterocycles. The average molecular weight is 490 g/mol. The number of hydrogen-bond donors (Lipinski definition) is 0. The normalized spacial score (nSPS) is 23.0. The Morgan fingerprint density at radius 2 is 1.70 bits per heavy atom. The van der Waals surface area contributed by atoms with E-state index in [1.165, 1.54) is 16.4 Å². The maximum Gasteiger partial charge on any atom is 0.264 e. The third-order valence-corrected chi connectivity index (χ3v) is 10.4. The van der Waals surface area contributed by atoms with Gasteiger partial charge in [-0.2, -0.15) is 0 Å². The predicted molar refractivity (Wildman–Crippen MR) is 126 cm³/mol. The Morgan fingerprint density at radius 1 is 0.939 bits per heavy atom. The molecule has 5 rings (SSSR count). The van der Waals surface area contributed by atoms with Gasteiger partial charge in [-0.05, 0) is 42.7 Å². The van der Waals surface area contributed by atoms with Gasteiger partial charge in [0.05, 0.1) is 22.1 Å². The maximum absolute atomic E-state index is 13.3. The van der Waals surface area contributed by atoms with Crippen molar-refractivity contribution in [1.82, 2.24) is 9.80 Å². The van der Waals surface area contributed by atoms with Crippen molar-refractivity contribution in [3.05, 3.63) is 59.7 Å². The van der Waals surface area contributed by atoms with Crippen molar-refractivity contribution in [3.8, 4) is 0 Å². The van der Waals surface area contributed by atoms with Gasteiger partial charge in [-0.25, -0.2) is 16.8 Å². The number of fused-ring (bicyclic) bond motifs is 1. The van der Waals surface area contributed by atoms with Crippen LogP contribution >= 0.6 is 0 Å². The minimum Gasteiger partial charge on any atom is -0.336 e. The van der Waals surface area contributed by atoms with Crippen molar-refractivity contribution >= 4 is 31.5 Å². The van der Waals surface area contributed by atoms with Gasteiger partial charge in [0, 0.05) is 44.3 Å². The zero-order chi connectivity index (χ0) is 23.2. The zero-order valence-corrected chi connectivity index (χ0v) is 19.9. The smallest absolute Gasteiger partial charge is 0.264 e. The fourth-order valence-corrected chi connectivity index (χ4v) is 8.32. The van der Waals surface area contributed by atoms with Crippen molar-refractivity contribution < 1.29 is 21.6 Å². The van der Waals surface area contributed by atoms with Crippen molar-refractivity contribution in [2.45, 2.75) is 23.8 Å². The molecule has 0 bridgehead atoms. The van der Waals surface area contributed by atoms with Gasteiger partial charge < -0.3 is 4.90 Å². The number of carbonyl (C=O) groups excluding carboxylic acids is 1. The number of carbonyl (C=O) groups is 1. The summed E-state index contributed by atoms with van der Waals surface area (Å²) < 4.78 is 51.6. The summed E-state index contributed by atoms with van der Waals surface area (Å²) in [4.78, 5) is 17.1. The SMILES string of the molecule is O=C(c1cccc(S(=O)(=O)N2CCc3ccccc32)c1)N1CCN(C2CCS(=O)(=O)C2)CC1. The first kappa shape index (κ1) is 22.4. The van der Waals surface area contributed by atoms with E-state index in [0.717, 1.165) is 5.56 Å². The first-order chi connectivity index (χ1) is 15.7. The van der Waals surface area contributed by atoms with Crippen LogP contribution in [-0.4, -0.2) is 82.8 Å². The van der Waals surface area contributed by atoms with Gasteiger partial charge in [-0.1, -0.05) is 24.3 Å². The highest BCUT2D eigenvalue weighted by Crippen LogP contribution is 2.33. The quantitative estimate of drug-likeness (QED) is 0.644. The minimum absolute atomic E-state index is 0.0315. The maximum atomic E-state index is 13.3. The van der Waals surface area contributed by atoms with Crippen LogP contribution < -0.4 is 4.31 Å². The predicted octanol–water partition coefficient (Wildman–Crippen LogP) is 1.38. The van der Waals surface area contributed by atoms with Crippen molar-refractivity contribution in [1.29, 1.82) is 0 Å². The lowest BCUT2D eigenvalue weighted by atomic mass is 10.1. The Morgan fingerprint density at radius 3 is 2.42 bits per heavy atom. The number of sulfone groups is 1. The largest absolute Gasteiger partial charge is 0.336 e. The number of amides is 1. The molecule has 2 fully saturated rings. The third-order valence-electron chi connectivity index (χ3n) is 6.84. The van der Waals surface area contributed by atoms with Crippen LogP contribution in [-0.2, 0) is 26.3 Å². The molecule has 0 aromatic heterocycles. The van der Waals surface area contributed by atoms with Gasteiger partial charge >= 0.3 is 0 Å². The number of hydrogen-bond acceptors (Lipinski definition) is 6. The van der Waals surface area contributed by atoms with Crippen LogP contribution in [0.25, 0.3) is 0 Å². The van der Waals surface area contributed by atoms with Crippen molar-refractivity contribution in [3.63, 3.8) is 0 Å². The highest BCUT2D eigenvalue weighted by atomic mass is 32.2. The van der Waals surface area contributed by atoms with E-state index in [4.69, 9.17) is 0 Å². The molecule has 3 aliphatic rings. The zero-order valence-electron chi connectivity index (χ0n) is 18.3. The van der Waals surface area contributed by atoms with Gasteiger partial charge in [0.25, 0.3) is 15.9 Å². The van der Waals surface area contributed by atoms with E-state index in [0.29, 0.717) is 56.8 Å². The second-order valence-corrected chi connectivity index (χ2v) is 13.0. The molecule has 0 spiro atoms. The number of nitrogens with zero attached hydrogens (tertiary/aromatic N) is 3. The fraction of sp³-hybridized carbons (Fsp3) is 0.435. The molecule has 10 heteroatoms. The van der Waals surface area contributed by atoms with Gasteiger partial charge in [0.2, 0.25) is 0 Å². The summed E-state index contributed by atoms with van der Waals surface area (Å²) in [6.07, 6.45) is 1.32. The van der Waals surface area contributed by atoms with Crippen LogP contribution in [0.5, 0.6) is 0 Å². The second-order valence-electron chi connectivity index (χ2n) is 8.87. The van der Waals surface area contributed by atoms with Crippen LogP contribution in [0.1, 0.15) is 22.3 Å². The molecule has 0 N–H and O–H groups in total. The number of piperazine rings is 1. The van der Waals surface area contributed by atoms with Crippen molar-refractivity contribution in [2.75, 3.05) is 48.5 Å². The Bertz CT molecular complexity index is 1280. The fourth-order valence-electron chi connectivity index (χ4n) is 5.01. The van der Waals surface area contributed by atoms with E-state index in [2.05, 4.69) is 4.90 Å². The van der Waals surface area contributed by atoms with Crippen LogP contribution in [0, 0.1) is 0 Å². The Kier molecular flexibility index (Phi) is 5.70. The topological polar surface area (TPSA) is 95.1 Å². The summed E-state index contributed by atoms with van der Waals surface area (Å²) in [5.41, 5.74) is 2.04. The summed E-state index contributed by atoms with van der Waals surface area (Å²) in [6.45, 7) is 2.61. The highest BCUT2D eigenvalue weighted by molar-refractivity contribution is 7.93. The standard InChI is InChI=1S/C23H27N3O5S2/c27-23(25-13-11-24(12-14-25)20-9-15-32(28,29)17-20)19-5-3-6-21(16-19)33(30,31)26-10-8-18-4-1-2-7-22(18)26/h1-7,16,20H,8-15,17H2. The van der Waals surface area contributed by atoms with Gasteiger partial charge in [-0.15, -0.1) is 0 Å². The minimum atomic E-state index is -3.77. The monoisotopic (exact) mass is 489 g/mol. The van der Waals surface area contributed by atoms with E-state index < -0.39 is 19.9 Å². The highest BCUT2D eigenvalue weighted by Gasteiger charge is 2.35. The van der Waals surface area contributed by atoms with Gasteiger partial charge in [0.1, 0.15) is 0 Å². The lowest BCUT2D eigenvalue weighted by molar-refractivity contribution is 0.0587. The molecule has 0 radical (unpaired) electrons. The van der Waals surface area contributed by atoms with E-state index in [1.807, 2.05) is 24.3 Å². The average Bonchev–Trinajstić information content (AvgIpc) is 3.42. The molecule has 2 saturated heterocycles. The number of benzene rings is 2. The molecule has 1 amide bonds. The molecule has 176 valence electrons. The first-order valence-corrected chi connectivity index (χ1v) is 14.5. The van der Waals surface area contributed by atoms with Crippen LogP contribution in [0.3, 0.4) is 0 Å². The van der Waals surface area contributed by atoms with Gasteiger partial charge in [0.15, 0.2) is 9.84 Å². The third kappa shape index (κ3) is 4.27. The van der Waals surface area contributed by atoms with Crippen LogP contribution in [0.15, 0.2) is 53.4 Å². The number of anilines is 1. The summed E-state index contributed by atoms with van der Waals surface area (Å²) in [6, 6.07) is 13.8. The van der Waals surface area contributed by atoms with E-state index >= 15 is 0 Å². The molecule has 0 saturated carbocycles. The molecule has 3 heterocycles. The number of sulfonamides is 1. The van der Waals surface area contributed by atoms with Crippen LogP contribution in [0.4, 0.5) is 5.69 Å². The van der Waals surface area contributed by atoms with E-state index in [9.17, 15) is 21.6 Å². The van der Waals surface area contributed by atoms with Gasteiger partial charge in [-0.3, -0.25) is 14.0 Å². The number of rotatable bonds is 4. The molecule has 2 aromatic rings. The summed E-state index contributed by atoms with van der Waals surface area (Å²) in [5, 5.41) is 0.